The van der Waals surface area contributed by atoms with Gasteiger partial charge in [0.15, 0.2) is 17.3 Å². The fourth-order valence-corrected chi connectivity index (χ4v) is 4.34. The van der Waals surface area contributed by atoms with Gasteiger partial charge in [-0.1, -0.05) is 24.3 Å². The number of hydrogen-bond donors (Lipinski definition) is 1. The summed E-state index contributed by atoms with van der Waals surface area (Å²) in [4.78, 5) is 15.0. The van der Waals surface area contributed by atoms with Crippen LogP contribution in [0.5, 0.6) is 5.75 Å². The molecule has 0 bridgehead atoms. The number of nitrogens with zero attached hydrogens (tertiary/aromatic N) is 3. The lowest BCUT2D eigenvalue weighted by molar-refractivity contribution is -0.143. The molecule has 1 aromatic heterocycles. The SMILES string of the molecule is COc1ccc(CN2CCC(NC(=O)c3cnn(-c4ccccc4C)c3C(F)(F)F)CC2)cc1F. The number of nitrogens with one attached hydrogen (secondary N) is 1. The van der Waals surface area contributed by atoms with E-state index in [2.05, 4.69) is 15.3 Å². The Balaban J connectivity index is 1.42. The molecule has 1 saturated heterocycles. The topological polar surface area (TPSA) is 59.4 Å². The van der Waals surface area contributed by atoms with Crippen molar-refractivity contribution in [2.24, 2.45) is 0 Å². The third-order valence-corrected chi connectivity index (χ3v) is 6.17. The number of ether oxygens (including phenoxy) is 1. The number of aromatic nitrogens is 2. The van der Waals surface area contributed by atoms with Crippen LogP contribution in [0.1, 0.15) is 40.0 Å². The van der Waals surface area contributed by atoms with Crippen LogP contribution in [0.2, 0.25) is 0 Å². The summed E-state index contributed by atoms with van der Waals surface area (Å²) >= 11 is 0. The fraction of sp³-hybridized carbons (Fsp3) is 0.360. The summed E-state index contributed by atoms with van der Waals surface area (Å²) in [5.74, 6) is -1.05. The van der Waals surface area contributed by atoms with Crippen molar-refractivity contribution in [1.82, 2.24) is 20.0 Å². The van der Waals surface area contributed by atoms with E-state index in [9.17, 15) is 22.4 Å². The fourth-order valence-electron chi connectivity index (χ4n) is 4.34. The van der Waals surface area contributed by atoms with Gasteiger partial charge in [-0.25, -0.2) is 9.07 Å². The minimum atomic E-state index is -4.76. The monoisotopic (exact) mass is 490 g/mol. The number of alkyl halides is 3. The molecule has 1 amide bonds. The molecule has 3 aromatic rings. The van der Waals surface area contributed by atoms with Crippen molar-refractivity contribution < 1.29 is 27.1 Å². The van der Waals surface area contributed by atoms with Crippen molar-refractivity contribution in [3.05, 3.63) is 76.9 Å². The molecule has 0 atom stereocenters. The van der Waals surface area contributed by atoms with Crippen LogP contribution in [0.25, 0.3) is 5.69 Å². The lowest BCUT2D eigenvalue weighted by Gasteiger charge is -2.32. The van der Waals surface area contributed by atoms with Crippen molar-refractivity contribution in [3.8, 4) is 11.4 Å². The predicted molar refractivity (Wildman–Crippen MR) is 122 cm³/mol. The van der Waals surface area contributed by atoms with Crippen molar-refractivity contribution in [1.29, 1.82) is 0 Å². The van der Waals surface area contributed by atoms with Crippen LogP contribution in [0.3, 0.4) is 0 Å². The van der Waals surface area contributed by atoms with Gasteiger partial charge in [-0.05, 0) is 49.1 Å². The summed E-state index contributed by atoms with van der Waals surface area (Å²) in [5, 5.41) is 6.63. The molecule has 4 rings (SSSR count). The van der Waals surface area contributed by atoms with Crippen molar-refractivity contribution in [2.75, 3.05) is 20.2 Å². The van der Waals surface area contributed by atoms with Crippen LogP contribution < -0.4 is 10.1 Å². The molecule has 0 unspecified atom stereocenters. The molecule has 1 aliphatic rings. The second kappa shape index (κ2) is 10.1. The minimum absolute atomic E-state index is 0.180. The molecule has 0 saturated carbocycles. The van der Waals surface area contributed by atoms with Gasteiger partial charge >= 0.3 is 6.18 Å². The van der Waals surface area contributed by atoms with Crippen LogP contribution in [0.15, 0.2) is 48.7 Å². The van der Waals surface area contributed by atoms with E-state index in [1.807, 2.05) is 0 Å². The van der Waals surface area contributed by atoms with Crippen molar-refractivity contribution >= 4 is 5.91 Å². The second-order valence-electron chi connectivity index (χ2n) is 8.60. The zero-order valence-corrected chi connectivity index (χ0v) is 19.4. The summed E-state index contributed by atoms with van der Waals surface area (Å²) < 4.78 is 61.5. The smallest absolute Gasteiger partial charge is 0.434 e. The highest BCUT2D eigenvalue weighted by Crippen LogP contribution is 2.34. The maximum atomic E-state index is 14.0. The Morgan fingerprint density at radius 2 is 1.89 bits per heavy atom. The molecule has 1 N–H and O–H groups in total. The minimum Gasteiger partial charge on any atom is -0.494 e. The third-order valence-electron chi connectivity index (χ3n) is 6.17. The van der Waals surface area contributed by atoms with E-state index < -0.39 is 29.2 Å². The van der Waals surface area contributed by atoms with Crippen LogP contribution in [0, 0.1) is 12.7 Å². The number of para-hydroxylation sites is 1. The molecule has 10 heteroatoms. The number of halogens is 4. The Bertz CT molecular complexity index is 1200. The van der Waals surface area contributed by atoms with Gasteiger partial charge in [0.05, 0.1) is 24.6 Å². The lowest BCUT2D eigenvalue weighted by atomic mass is 10.0. The zero-order chi connectivity index (χ0) is 25.2. The van der Waals surface area contributed by atoms with Gasteiger partial charge in [-0.2, -0.15) is 18.3 Å². The Morgan fingerprint density at radius 3 is 2.51 bits per heavy atom. The average molecular weight is 491 g/mol. The van der Waals surface area contributed by atoms with E-state index in [4.69, 9.17) is 4.74 Å². The molecular formula is C25H26F4N4O2. The number of benzene rings is 2. The number of carbonyl (C=O) groups is 1. The first-order chi connectivity index (χ1) is 16.7. The predicted octanol–water partition coefficient (Wildman–Crippen LogP) is 4.74. The summed E-state index contributed by atoms with van der Waals surface area (Å²) in [6.45, 7) is 3.45. The molecule has 186 valence electrons. The number of methoxy groups -OCH3 is 1. The molecule has 35 heavy (non-hydrogen) atoms. The molecule has 0 aliphatic carbocycles. The molecule has 6 nitrogen and oxygen atoms in total. The zero-order valence-electron chi connectivity index (χ0n) is 19.4. The van der Waals surface area contributed by atoms with E-state index in [1.54, 1.807) is 37.3 Å². The second-order valence-corrected chi connectivity index (χ2v) is 8.60. The van der Waals surface area contributed by atoms with Gasteiger partial charge in [0.1, 0.15) is 0 Å². The highest BCUT2D eigenvalue weighted by Gasteiger charge is 2.41. The van der Waals surface area contributed by atoms with Gasteiger partial charge in [0.2, 0.25) is 0 Å². The molecular weight excluding hydrogens is 464 g/mol. The van der Waals surface area contributed by atoms with Gasteiger partial charge in [-0.15, -0.1) is 0 Å². The summed E-state index contributed by atoms with van der Waals surface area (Å²) in [6.07, 6.45) is -2.66. The summed E-state index contributed by atoms with van der Waals surface area (Å²) in [6, 6.07) is 11.1. The van der Waals surface area contributed by atoms with Gasteiger partial charge in [0, 0.05) is 25.7 Å². The van der Waals surface area contributed by atoms with Crippen LogP contribution >= 0.6 is 0 Å². The number of rotatable bonds is 6. The molecule has 2 aromatic carbocycles. The number of piperidine rings is 1. The lowest BCUT2D eigenvalue weighted by Crippen LogP contribution is -2.44. The highest BCUT2D eigenvalue weighted by atomic mass is 19.4. The number of likely N-dealkylation sites (tertiary alicyclic amines) is 1. The van der Waals surface area contributed by atoms with Crippen molar-refractivity contribution in [3.63, 3.8) is 0 Å². The highest BCUT2D eigenvalue weighted by molar-refractivity contribution is 5.95. The van der Waals surface area contributed by atoms with E-state index in [-0.39, 0.29) is 17.5 Å². The Labute approximate surface area is 200 Å². The molecule has 1 fully saturated rings. The van der Waals surface area contributed by atoms with Gasteiger partial charge in [0.25, 0.3) is 5.91 Å². The first kappa shape index (κ1) is 24.7. The maximum absolute atomic E-state index is 14.0. The summed E-state index contributed by atoms with van der Waals surface area (Å²) in [7, 11) is 1.41. The van der Waals surface area contributed by atoms with E-state index in [0.717, 1.165) is 16.4 Å². The molecule has 0 spiro atoms. The van der Waals surface area contributed by atoms with E-state index >= 15 is 0 Å². The largest absolute Gasteiger partial charge is 0.494 e. The number of hydrogen-bond acceptors (Lipinski definition) is 4. The maximum Gasteiger partial charge on any atom is 0.434 e. The first-order valence-electron chi connectivity index (χ1n) is 11.2. The number of carbonyl (C=O) groups excluding carboxylic acids is 1. The number of amides is 1. The quantitative estimate of drug-likeness (QED) is 0.507. The third kappa shape index (κ3) is 5.48. The van der Waals surface area contributed by atoms with Crippen molar-refractivity contribution in [2.45, 2.75) is 38.5 Å². The van der Waals surface area contributed by atoms with Crippen LogP contribution in [0.4, 0.5) is 17.6 Å². The Morgan fingerprint density at radius 1 is 1.17 bits per heavy atom. The standard InChI is InChI=1S/C25H26F4N4O2/c1-16-5-3-4-6-21(16)33-23(25(27,28)29)19(14-30-33)24(34)31-18-9-11-32(12-10-18)15-17-7-8-22(35-2)20(26)13-17/h3-8,13-14,18H,9-12,15H2,1-2H3,(H,31,34). The first-order valence-corrected chi connectivity index (χ1v) is 11.2. The molecule has 2 heterocycles. The summed E-state index contributed by atoms with van der Waals surface area (Å²) in [5.41, 5.74) is 0.0729. The molecule has 1 aliphatic heterocycles. The Kier molecular flexibility index (Phi) is 7.11. The van der Waals surface area contributed by atoms with Gasteiger partial charge < -0.3 is 10.1 Å². The van der Waals surface area contributed by atoms with E-state index in [1.165, 1.54) is 19.2 Å². The average Bonchev–Trinajstić information content (AvgIpc) is 3.27. The number of aryl methyl sites for hydroxylation is 1. The van der Waals surface area contributed by atoms with Crippen LogP contribution in [-0.4, -0.2) is 46.8 Å². The molecule has 0 radical (unpaired) electrons. The Hall–Kier alpha value is -3.40. The van der Waals surface area contributed by atoms with E-state index in [0.29, 0.717) is 38.0 Å². The normalized spacial score (nSPS) is 15.3. The van der Waals surface area contributed by atoms with Crippen LogP contribution in [-0.2, 0) is 12.7 Å². The van der Waals surface area contributed by atoms with Gasteiger partial charge in [-0.3, -0.25) is 9.69 Å².